The number of rotatable bonds is 1. The van der Waals surface area contributed by atoms with E-state index in [1.54, 1.807) is 26.3 Å². The molecule has 1 aromatic heterocycles. The first-order valence-electron chi connectivity index (χ1n) is 4.06. The van der Waals surface area contributed by atoms with Gasteiger partial charge in [0.25, 0.3) is 0 Å². The average molecular weight is 194 g/mol. The van der Waals surface area contributed by atoms with Crippen LogP contribution in [0.15, 0.2) is 21.3 Å². The monoisotopic (exact) mass is 194 g/mol. The zero-order valence-corrected chi connectivity index (χ0v) is 7.90. The van der Waals surface area contributed by atoms with E-state index in [0.29, 0.717) is 22.5 Å². The van der Waals surface area contributed by atoms with Crippen molar-refractivity contribution in [1.29, 1.82) is 0 Å². The van der Waals surface area contributed by atoms with Crippen molar-refractivity contribution in [1.82, 2.24) is 4.57 Å². The van der Waals surface area contributed by atoms with Crippen LogP contribution in [-0.2, 0) is 7.05 Å². The third-order valence-corrected chi connectivity index (χ3v) is 2.13. The summed E-state index contributed by atoms with van der Waals surface area (Å²) >= 11 is 0. The highest BCUT2D eigenvalue weighted by Crippen LogP contribution is 2.25. The maximum atomic E-state index is 11.2. The highest BCUT2D eigenvalue weighted by Gasteiger charge is 2.10. The molecule has 74 valence electrons. The molecule has 1 aromatic carbocycles. The summed E-state index contributed by atoms with van der Waals surface area (Å²) < 4.78 is 11.4. The Balaban J connectivity index is 2.90. The Morgan fingerprint density at radius 1 is 1.50 bits per heavy atom. The van der Waals surface area contributed by atoms with Crippen LogP contribution in [0.4, 0.5) is 5.69 Å². The molecule has 0 amide bonds. The molecule has 0 atom stereocenters. The van der Waals surface area contributed by atoms with Crippen molar-refractivity contribution < 1.29 is 9.15 Å². The van der Waals surface area contributed by atoms with E-state index >= 15 is 0 Å². The molecule has 0 aliphatic heterocycles. The molecular weight excluding hydrogens is 184 g/mol. The lowest BCUT2D eigenvalue weighted by atomic mass is 10.2. The molecule has 0 saturated heterocycles. The van der Waals surface area contributed by atoms with Crippen molar-refractivity contribution in [3.63, 3.8) is 0 Å². The van der Waals surface area contributed by atoms with E-state index in [0.717, 1.165) is 0 Å². The molecule has 2 rings (SSSR count). The SMILES string of the molecule is COc1cc(N)c2oc(=O)n(C)c2c1. The molecule has 0 aliphatic carbocycles. The second-order valence-electron chi connectivity index (χ2n) is 2.99. The second-order valence-corrected chi connectivity index (χ2v) is 2.99. The molecule has 0 unspecified atom stereocenters. The van der Waals surface area contributed by atoms with E-state index in [-0.39, 0.29) is 0 Å². The summed E-state index contributed by atoms with van der Waals surface area (Å²) in [5, 5.41) is 0. The number of ether oxygens (including phenoxy) is 1. The molecule has 0 aliphatic rings. The van der Waals surface area contributed by atoms with Crippen LogP contribution in [0.3, 0.4) is 0 Å². The lowest BCUT2D eigenvalue weighted by Gasteiger charge is -2.01. The van der Waals surface area contributed by atoms with Crippen LogP contribution in [-0.4, -0.2) is 11.7 Å². The van der Waals surface area contributed by atoms with E-state index in [1.165, 1.54) is 4.57 Å². The Hall–Kier alpha value is -1.91. The van der Waals surface area contributed by atoms with Crippen LogP contribution < -0.4 is 16.2 Å². The lowest BCUT2D eigenvalue weighted by Crippen LogP contribution is -2.08. The van der Waals surface area contributed by atoms with Gasteiger partial charge in [0.1, 0.15) is 5.75 Å². The van der Waals surface area contributed by atoms with E-state index in [9.17, 15) is 4.79 Å². The first kappa shape index (κ1) is 8.68. The van der Waals surface area contributed by atoms with E-state index in [2.05, 4.69) is 0 Å². The largest absolute Gasteiger partial charge is 0.497 e. The number of fused-ring (bicyclic) bond motifs is 1. The smallest absolute Gasteiger partial charge is 0.419 e. The van der Waals surface area contributed by atoms with Crippen LogP contribution in [0.2, 0.25) is 0 Å². The highest BCUT2D eigenvalue weighted by molar-refractivity contribution is 5.86. The Morgan fingerprint density at radius 2 is 2.21 bits per heavy atom. The molecule has 1 heterocycles. The number of benzene rings is 1. The van der Waals surface area contributed by atoms with Gasteiger partial charge in [0.05, 0.1) is 18.3 Å². The molecule has 0 spiro atoms. The summed E-state index contributed by atoms with van der Waals surface area (Å²) in [6.45, 7) is 0. The minimum atomic E-state index is -0.431. The van der Waals surface area contributed by atoms with Crippen LogP contribution in [0.1, 0.15) is 0 Å². The summed E-state index contributed by atoms with van der Waals surface area (Å²) in [7, 11) is 3.16. The number of nitrogen functional groups attached to an aromatic ring is 1. The summed E-state index contributed by atoms with van der Waals surface area (Å²) in [4.78, 5) is 11.2. The summed E-state index contributed by atoms with van der Waals surface area (Å²) in [6.07, 6.45) is 0. The minimum Gasteiger partial charge on any atom is -0.497 e. The summed E-state index contributed by atoms with van der Waals surface area (Å²) in [5.41, 5.74) is 7.12. The van der Waals surface area contributed by atoms with Crippen molar-refractivity contribution >= 4 is 16.8 Å². The number of hydrogen-bond acceptors (Lipinski definition) is 4. The van der Waals surface area contributed by atoms with Crippen LogP contribution >= 0.6 is 0 Å². The number of anilines is 1. The number of hydrogen-bond donors (Lipinski definition) is 1. The van der Waals surface area contributed by atoms with Crippen LogP contribution in [0.25, 0.3) is 11.1 Å². The summed E-state index contributed by atoms with van der Waals surface area (Å²) in [5.74, 6) is 0.173. The molecule has 2 N–H and O–H groups in total. The van der Waals surface area contributed by atoms with Gasteiger partial charge in [-0.25, -0.2) is 4.79 Å². The third-order valence-electron chi connectivity index (χ3n) is 2.13. The van der Waals surface area contributed by atoms with Crippen molar-refractivity contribution in [2.24, 2.45) is 7.05 Å². The highest BCUT2D eigenvalue weighted by atomic mass is 16.5. The van der Waals surface area contributed by atoms with Crippen molar-refractivity contribution in [3.05, 3.63) is 22.7 Å². The van der Waals surface area contributed by atoms with Gasteiger partial charge in [-0.2, -0.15) is 0 Å². The van der Waals surface area contributed by atoms with Gasteiger partial charge in [-0.3, -0.25) is 4.57 Å². The Labute approximate surface area is 79.7 Å². The summed E-state index contributed by atoms with van der Waals surface area (Å²) in [6, 6.07) is 3.32. The van der Waals surface area contributed by atoms with Crippen molar-refractivity contribution in [2.75, 3.05) is 12.8 Å². The van der Waals surface area contributed by atoms with Gasteiger partial charge in [0, 0.05) is 19.2 Å². The van der Waals surface area contributed by atoms with Crippen LogP contribution in [0, 0.1) is 0 Å². The zero-order valence-electron chi connectivity index (χ0n) is 7.90. The minimum absolute atomic E-state index is 0.400. The quantitative estimate of drug-likeness (QED) is 0.679. The molecule has 5 nitrogen and oxygen atoms in total. The molecule has 14 heavy (non-hydrogen) atoms. The van der Waals surface area contributed by atoms with Gasteiger partial charge in [-0.1, -0.05) is 0 Å². The third kappa shape index (κ3) is 1.06. The van der Waals surface area contributed by atoms with Gasteiger partial charge in [-0.05, 0) is 0 Å². The molecule has 0 bridgehead atoms. The van der Waals surface area contributed by atoms with Gasteiger partial charge in [-0.15, -0.1) is 0 Å². The normalized spacial score (nSPS) is 10.7. The zero-order chi connectivity index (χ0) is 10.3. The molecule has 5 heteroatoms. The molecule has 2 aromatic rings. The predicted molar refractivity (Wildman–Crippen MR) is 52.4 cm³/mol. The molecular formula is C9H10N2O3. The van der Waals surface area contributed by atoms with Gasteiger partial charge >= 0.3 is 5.76 Å². The number of methoxy groups -OCH3 is 1. The standard InChI is InChI=1S/C9H10N2O3/c1-11-7-4-5(13-2)3-6(10)8(7)14-9(11)12/h3-4H,10H2,1-2H3. The first-order valence-corrected chi connectivity index (χ1v) is 4.06. The number of aryl methyl sites for hydroxylation is 1. The first-order chi connectivity index (χ1) is 6.63. The van der Waals surface area contributed by atoms with E-state index in [1.807, 2.05) is 0 Å². The fourth-order valence-electron chi connectivity index (χ4n) is 1.34. The number of aromatic nitrogens is 1. The van der Waals surface area contributed by atoms with Gasteiger partial charge < -0.3 is 14.9 Å². The molecule has 0 radical (unpaired) electrons. The van der Waals surface area contributed by atoms with Crippen molar-refractivity contribution in [2.45, 2.75) is 0 Å². The fourth-order valence-corrected chi connectivity index (χ4v) is 1.34. The lowest BCUT2D eigenvalue weighted by molar-refractivity contribution is 0.415. The number of oxazole rings is 1. The Morgan fingerprint density at radius 3 is 2.86 bits per heavy atom. The maximum Gasteiger partial charge on any atom is 0.419 e. The maximum absolute atomic E-state index is 11.2. The van der Waals surface area contributed by atoms with Gasteiger partial charge in [0.2, 0.25) is 0 Å². The van der Waals surface area contributed by atoms with E-state index < -0.39 is 5.76 Å². The van der Waals surface area contributed by atoms with Crippen LogP contribution in [0.5, 0.6) is 5.75 Å². The molecule has 0 fully saturated rings. The second kappa shape index (κ2) is 2.80. The Kier molecular flexibility index (Phi) is 1.73. The fraction of sp³-hybridized carbons (Fsp3) is 0.222. The number of nitrogens with two attached hydrogens (primary N) is 1. The van der Waals surface area contributed by atoms with Gasteiger partial charge in [0.15, 0.2) is 5.58 Å². The average Bonchev–Trinajstić information content (AvgIpc) is 2.45. The number of nitrogens with zero attached hydrogens (tertiary/aromatic N) is 1. The van der Waals surface area contributed by atoms with E-state index in [4.69, 9.17) is 14.9 Å². The molecule has 0 saturated carbocycles. The Bertz CT molecular complexity index is 539. The topological polar surface area (TPSA) is 70.4 Å². The predicted octanol–water partition coefficient (Wildman–Crippen LogP) is 0.722. The van der Waals surface area contributed by atoms with Crippen molar-refractivity contribution in [3.8, 4) is 5.75 Å².